The van der Waals surface area contributed by atoms with E-state index in [1.807, 2.05) is 6.92 Å². The van der Waals surface area contributed by atoms with Gasteiger partial charge in [-0.1, -0.05) is 0 Å². The Bertz CT molecular complexity index is 197. The SMILES string of the molecule is CC1OC2C=CC(=O)C1O2. The first kappa shape index (κ1) is 6.07. The van der Waals surface area contributed by atoms with Crippen LogP contribution in [0.4, 0.5) is 0 Å². The largest absolute Gasteiger partial charge is 0.343 e. The van der Waals surface area contributed by atoms with Gasteiger partial charge in [0.1, 0.15) is 6.10 Å². The summed E-state index contributed by atoms with van der Waals surface area (Å²) in [4.78, 5) is 11.0. The van der Waals surface area contributed by atoms with Crippen LogP contribution in [0.25, 0.3) is 0 Å². The minimum absolute atomic E-state index is 0.0150. The summed E-state index contributed by atoms with van der Waals surface area (Å²) in [6.07, 6.45) is 2.45. The van der Waals surface area contributed by atoms with E-state index in [4.69, 9.17) is 9.47 Å². The predicted molar refractivity (Wildman–Crippen MR) is 33.4 cm³/mol. The number of hydrogen-bond acceptors (Lipinski definition) is 3. The van der Waals surface area contributed by atoms with Crippen molar-refractivity contribution in [3.63, 3.8) is 0 Å². The molecular formula is C7H8O3. The summed E-state index contributed by atoms with van der Waals surface area (Å²) in [5.41, 5.74) is 0. The quantitative estimate of drug-likeness (QED) is 0.484. The van der Waals surface area contributed by atoms with Gasteiger partial charge in [0.15, 0.2) is 12.1 Å². The molecule has 54 valence electrons. The first-order chi connectivity index (χ1) is 4.77. The Morgan fingerprint density at radius 2 is 2.30 bits per heavy atom. The zero-order valence-electron chi connectivity index (χ0n) is 5.61. The van der Waals surface area contributed by atoms with Crippen molar-refractivity contribution >= 4 is 5.78 Å². The number of hydrogen-bond donors (Lipinski definition) is 0. The molecule has 2 bridgehead atoms. The van der Waals surface area contributed by atoms with E-state index in [1.54, 1.807) is 6.08 Å². The standard InChI is InChI=1S/C7H8O3/c1-4-7-5(8)2-3-6(9-4)10-7/h2-4,6-7H,1H3. The first-order valence-electron chi connectivity index (χ1n) is 3.30. The Morgan fingerprint density at radius 1 is 1.50 bits per heavy atom. The second kappa shape index (κ2) is 1.90. The molecular weight excluding hydrogens is 132 g/mol. The van der Waals surface area contributed by atoms with E-state index >= 15 is 0 Å². The molecule has 3 heteroatoms. The summed E-state index contributed by atoms with van der Waals surface area (Å²) in [5.74, 6) is 0.0150. The third-order valence-corrected chi connectivity index (χ3v) is 1.75. The van der Waals surface area contributed by atoms with Crippen LogP contribution < -0.4 is 0 Å². The topological polar surface area (TPSA) is 35.5 Å². The summed E-state index contributed by atoms with van der Waals surface area (Å²) in [7, 11) is 0. The molecule has 2 aliphatic heterocycles. The maximum Gasteiger partial charge on any atom is 0.187 e. The highest BCUT2D eigenvalue weighted by atomic mass is 16.7. The summed E-state index contributed by atoms with van der Waals surface area (Å²) >= 11 is 0. The average Bonchev–Trinajstić information content (AvgIpc) is 2.21. The summed E-state index contributed by atoms with van der Waals surface area (Å²) in [6.45, 7) is 1.84. The van der Waals surface area contributed by atoms with Gasteiger partial charge in [0.2, 0.25) is 0 Å². The monoisotopic (exact) mass is 140 g/mol. The average molecular weight is 140 g/mol. The van der Waals surface area contributed by atoms with E-state index in [0.29, 0.717) is 0 Å². The molecule has 0 spiro atoms. The zero-order chi connectivity index (χ0) is 7.14. The molecule has 2 aliphatic rings. The fraction of sp³-hybridized carbons (Fsp3) is 0.571. The molecule has 0 aliphatic carbocycles. The molecule has 2 heterocycles. The number of rotatable bonds is 0. The van der Waals surface area contributed by atoms with Crippen molar-refractivity contribution in [3.05, 3.63) is 12.2 Å². The third-order valence-electron chi connectivity index (χ3n) is 1.75. The number of carbonyl (C=O) groups is 1. The maximum atomic E-state index is 11.0. The normalized spacial score (nSPS) is 44.5. The molecule has 0 amide bonds. The lowest BCUT2D eigenvalue weighted by Crippen LogP contribution is -2.29. The van der Waals surface area contributed by atoms with Crippen LogP contribution in [0.5, 0.6) is 0 Å². The Balaban J connectivity index is 2.28. The van der Waals surface area contributed by atoms with Crippen LogP contribution in [-0.2, 0) is 14.3 Å². The van der Waals surface area contributed by atoms with Crippen molar-refractivity contribution in [1.82, 2.24) is 0 Å². The predicted octanol–water partition coefficient (Wildman–Crippen LogP) is 0.255. The Labute approximate surface area is 58.6 Å². The summed E-state index contributed by atoms with van der Waals surface area (Å²) in [5, 5.41) is 0. The van der Waals surface area contributed by atoms with Crippen molar-refractivity contribution in [1.29, 1.82) is 0 Å². The Kier molecular flexibility index (Phi) is 1.16. The molecule has 0 aromatic heterocycles. The van der Waals surface area contributed by atoms with Gasteiger partial charge in [-0.2, -0.15) is 0 Å². The molecule has 3 unspecified atom stereocenters. The third kappa shape index (κ3) is 0.711. The van der Waals surface area contributed by atoms with Crippen molar-refractivity contribution in [3.8, 4) is 0 Å². The van der Waals surface area contributed by atoms with Crippen LogP contribution >= 0.6 is 0 Å². The van der Waals surface area contributed by atoms with Gasteiger partial charge in [0.05, 0.1) is 6.10 Å². The lowest BCUT2D eigenvalue weighted by molar-refractivity contribution is -0.126. The zero-order valence-corrected chi connectivity index (χ0v) is 5.61. The Morgan fingerprint density at radius 3 is 3.00 bits per heavy atom. The molecule has 3 nitrogen and oxygen atoms in total. The molecule has 0 aromatic carbocycles. The van der Waals surface area contributed by atoms with Crippen LogP contribution in [0.15, 0.2) is 12.2 Å². The van der Waals surface area contributed by atoms with Crippen LogP contribution in [0.3, 0.4) is 0 Å². The van der Waals surface area contributed by atoms with Gasteiger partial charge in [-0.3, -0.25) is 4.79 Å². The minimum atomic E-state index is -0.352. The molecule has 1 fully saturated rings. The van der Waals surface area contributed by atoms with Crippen molar-refractivity contribution in [2.75, 3.05) is 0 Å². The number of ketones is 1. The molecule has 0 radical (unpaired) electrons. The summed E-state index contributed by atoms with van der Waals surface area (Å²) in [6, 6.07) is 0. The molecule has 0 aromatic rings. The highest BCUT2D eigenvalue weighted by Crippen LogP contribution is 2.24. The van der Waals surface area contributed by atoms with Gasteiger partial charge in [-0.25, -0.2) is 0 Å². The fourth-order valence-corrected chi connectivity index (χ4v) is 1.23. The van der Waals surface area contributed by atoms with Crippen LogP contribution in [-0.4, -0.2) is 24.3 Å². The molecule has 0 saturated carbocycles. The van der Waals surface area contributed by atoms with Crippen LogP contribution in [0, 0.1) is 0 Å². The van der Waals surface area contributed by atoms with Gasteiger partial charge in [-0.05, 0) is 19.1 Å². The highest BCUT2D eigenvalue weighted by Gasteiger charge is 2.38. The van der Waals surface area contributed by atoms with Gasteiger partial charge in [0.25, 0.3) is 0 Å². The fourth-order valence-electron chi connectivity index (χ4n) is 1.23. The van der Waals surface area contributed by atoms with E-state index in [1.165, 1.54) is 6.08 Å². The Hall–Kier alpha value is -0.670. The highest BCUT2D eigenvalue weighted by molar-refractivity contribution is 5.95. The number of fused-ring (bicyclic) bond motifs is 2. The molecule has 3 atom stereocenters. The van der Waals surface area contributed by atoms with E-state index in [9.17, 15) is 4.79 Å². The number of carbonyl (C=O) groups excluding carboxylic acids is 1. The molecule has 10 heavy (non-hydrogen) atoms. The lowest BCUT2D eigenvalue weighted by Gasteiger charge is -2.10. The minimum Gasteiger partial charge on any atom is -0.343 e. The number of ether oxygens (including phenoxy) is 2. The van der Waals surface area contributed by atoms with Gasteiger partial charge in [0, 0.05) is 0 Å². The van der Waals surface area contributed by atoms with Gasteiger partial charge in [-0.15, -0.1) is 0 Å². The smallest absolute Gasteiger partial charge is 0.187 e. The van der Waals surface area contributed by atoms with E-state index in [-0.39, 0.29) is 24.3 Å². The van der Waals surface area contributed by atoms with Crippen LogP contribution in [0.1, 0.15) is 6.92 Å². The van der Waals surface area contributed by atoms with Gasteiger partial charge < -0.3 is 9.47 Å². The summed E-state index contributed by atoms with van der Waals surface area (Å²) < 4.78 is 10.4. The first-order valence-corrected chi connectivity index (χ1v) is 3.30. The van der Waals surface area contributed by atoms with Crippen molar-refractivity contribution in [2.24, 2.45) is 0 Å². The van der Waals surface area contributed by atoms with Crippen LogP contribution in [0.2, 0.25) is 0 Å². The van der Waals surface area contributed by atoms with Gasteiger partial charge >= 0.3 is 0 Å². The lowest BCUT2D eigenvalue weighted by atomic mass is 10.1. The maximum absolute atomic E-state index is 11.0. The van der Waals surface area contributed by atoms with Crippen molar-refractivity contribution < 1.29 is 14.3 Å². The van der Waals surface area contributed by atoms with E-state index in [2.05, 4.69) is 0 Å². The second-order valence-electron chi connectivity index (χ2n) is 2.53. The molecule has 0 N–H and O–H groups in total. The van der Waals surface area contributed by atoms with E-state index in [0.717, 1.165) is 0 Å². The second-order valence-corrected chi connectivity index (χ2v) is 2.53. The van der Waals surface area contributed by atoms with Crippen molar-refractivity contribution in [2.45, 2.75) is 25.4 Å². The molecule has 1 saturated heterocycles. The van der Waals surface area contributed by atoms with E-state index < -0.39 is 0 Å². The molecule has 2 rings (SSSR count).